The normalized spacial score (nSPS) is 12.8. The maximum absolute atomic E-state index is 12.5. The molecule has 0 amide bonds. The van der Waals surface area contributed by atoms with Crippen molar-refractivity contribution in [3.05, 3.63) is 58.6 Å². The number of ether oxygens (including phenoxy) is 2. The van der Waals surface area contributed by atoms with Crippen LogP contribution in [0.2, 0.25) is 5.02 Å². The molecule has 0 saturated heterocycles. The standard InChI is InChI=1S/C17H20ClNO4S/c1-12-10-13(22-2)8-9-17(12)24(20,21)19-11-16(23-3)14-6-4-5-7-15(14)18/h4-10,16,19H,11H2,1-3H3. The molecule has 0 aromatic heterocycles. The Balaban J connectivity index is 2.19. The van der Waals surface area contributed by atoms with Gasteiger partial charge in [-0.15, -0.1) is 0 Å². The van der Waals surface area contributed by atoms with E-state index in [0.717, 1.165) is 5.56 Å². The van der Waals surface area contributed by atoms with E-state index in [1.165, 1.54) is 20.3 Å². The Hall–Kier alpha value is -1.60. The molecule has 0 saturated carbocycles. The largest absolute Gasteiger partial charge is 0.497 e. The van der Waals surface area contributed by atoms with Crippen molar-refractivity contribution < 1.29 is 17.9 Å². The molecule has 2 aromatic carbocycles. The third kappa shape index (κ3) is 4.27. The van der Waals surface area contributed by atoms with Crippen LogP contribution in [0.4, 0.5) is 0 Å². The summed E-state index contributed by atoms with van der Waals surface area (Å²) < 4.78 is 38.2. The van der Waals surface area contributed by atoms with E-state index < -0.39 is 16.1 Å². The monoisotopic (exact) mass is 369 g/mol. The van der Waals surface area contributed by atoms with E-state index in [9.17, 15) is 8.42 Å². The molecule has 2 rings (SSSR count). The number of halogens is 1. The molecule has 24 heavy (non-hydrogen) atoms. The number of hydrogen-bond donors (Lipinski definition) is 1. The lowest BCUT2D eigenvalue weighted by atomic mass is 10.1. The van der Waals surface area contributed by atoms with E-state index in [-0.39, 0.29) is 11.4 Å². The molecular weight excluding hydrogens is 350 g/mol. The summed E-state index contributed by atoms with van der Waals surface area (Å²) in [5.74, 6) is 0.609. The van der Waals surface area contributed by atoms with Crippen molar-refractivity contribution in [2.75, 3.05) is 20.8 Å². The van der Waals surface area contributed by atoms with Crippen molar-refractivity contribution in [1.82, 2.24) is 4.72 Å². The number of sulfonamides is 1. The van der Waals surface area contributed by atoms with Crippen molar-refractivity contribution in [2.45, 2.75) is 17.9 Å². The van der Waals surface area contributed by atoms with Crippen LogP contribution in [0.5, 0.6) is 5.75 Å². The van der Waals surface area contributed by atoms with Gasteiger partial charge in [0.2, 0.25) is 10.0 Å². The van der Waals surface area contributed by atoms with Gasteiger partial charge in [-0.3, -0.25) is 0 Å². The van der Waals surface area contributed by atoms with Crippen LogP contribution in [0, 0.1) is 6.92 Å². The van der Waals surface area contributed by atoms with E-state index in [1.54, 1.807) is 25.1 Å². The summed E-state index contributed by atoms with van der Waals surface area (Å²) >= 11 is 6.15. The van der Waals surface area contributed by atoms with Gasteiger partial charge in [-0.1, -0.05) is 29.8 Å². The van der Waals surface area contributed by atoms with Gasteiger partial charge in [0.1, 0.15) is 5.75 Å². The van der Waals surface area contributed by atoms with Crippen LogP contribution in [-0.4, -0.2) is 29.2 Å². The zero-order valence-electron chi connectivity index (χ0n) is 13.7. The Bertz CT molecular complexity index is 808. The molecular formula is C17H20ClNO4S. The van der Waals surface area contributed by atoms with Crippen LogP contribution < -0.4 is 9.46 Å². The van der Waals surface area contributed by atoms with Gasteiger partial charge in [-0.2, -0.15) is 0 Å². The van der Waals surface area contributed by atoms with Crippen LogP contribution >= 0.6 is 11.6 Å². The second-order valence-electron chi connectivity index (χ2n) is 5.23. The molecule has 0 radical (unpaired) electrons. The highest BCUT2D eigenvalue weighted by Crippen LogP contribution is 2.25. The predicted molar refractivity (Wildman–Crippen MR) is 94.1 cm³/mol. The number of hydrogen-bond acceptors (Lipinski definition) is 4. The topological polar surface area (TPSA) is 64.6 Å². The quantitative estimate of drug-likeness (QED) is 0.813. The first-order valence-corrected chi connectivity index (χ1v) is 9.16. The maximum Gasteiger partial charge on any atom is 0.240 e. The third-order valence-electron chi connectivity index (χ3n) is 3.67. The van der Waals surface area contributed by atoms with Gasteiger partial charge in [-0.25, -0.2) is 13.1 Å². The molecule has 0 aliphatic carbocycles. The van der Waals surface area contributed by atoms with Crippen molar-refractivity contribution in [3.63, 3.8) is 0 Å². The first-order chi connectivity index (χ1) is 11.4. The fourth-order valence-corrected chi connectivity index (χ4v) is 3.88. The van der Waals surface area contributed by atoms with E-state index in [0.29, 0.717) is 16.3 Å². The molecule has 5 nitrogen and oxygen atoms in total. The minimum absolute atomic E-state index is 0.0774. The summed E-state index contributed by atoms with van der Waals surface area (Å²) in [5, 5.41) is 0.532. The van der Waals surface area contributed by atoms with Crippen LogP contribution in [0.3, 0.4) is 0 Å². The summed E-state index contributed by atoms with van der Waals surface area (Å²) in [5.41, 5.74) is 1.34. The van der Waals surface area contributed by atoms with Crippen molar-refractivity contribution >= 4 is 21.6 Å². The molecule has 0 aliphatic heterocycles. The average Bonchev–Trinajstić information content (AvgIpc) is 2.56. The molecule has 1 atom stereocenters. The molecule has 1 unspecified atom stereocenters. The second-order valence-corrected chi connectivity index (χ2v) is 7.37. The summed E-state index contributed by atoms with van der Waals surface area (Å²) in [6.45, 7) is 1.80. The van der Waals surface area contributed by atoms with Crippen molar-refractivity contribution in [3.8, 4) is 5.75 Å². The Morgan fingerprint density at radius 2 is 1.88 bits per heavy atom. The minimum atomic E-state index is -3.67. The van der Waals surface area contributed by atoms with Gasteiger partial charge in [0.15, 0.2) is 0 Å². The highest BCUT2D eigenvalue weighted by atomic mass is 35.5. The SMILES string of the molecule is COc1ccc(S(=O)(=O)NCC(OC)c2ccccc2Cl)c(C)c1. The smallest absolute Gasteiger partial charge is 0.240 e. The predicted octanol–water partition coefficient (Wildman–Crippen LogP) is 3.32. The zero-order chi connectivity index (χ0) is 17.7. The third-order valence-corrected chi connectivity index (χ3v) is 5.59. The number of rotatable bonds is 7. The van der Waals surface area contributed by atoms with Gasteiger partial charge in [0.05, 0.1) is 18.1 Å². The zero-order valence-corrected chi connectivity index (χ0v) is 15.3. The number of benzene rings is 2. The summed E-state index contributed by atoms with van der Waals surface area (Å²) in [6, 6.07) is 12.0. The van der Waals surface area contributed by atoms with Gasteiger partial charge >= 0.3 is 0 Å². The minimum Gasteiger partial charge on any atom is -0.497 e. The lowest BCUT2D eigenvalue weighted by Crippen LogP contribution is -2.29. The number of nitrogens with one attached hydrogen (secondary N) is 1. The Kier molecular flexibility index (Phi) is 6.23. The molecule has 2 aromatic rings. The van der Waals surface area contributed by atoms with E-state index in [2.05, 4.69) is 4.72 Å². The highest BCUT2D eigenvalue weighted by molar-refractivity contribution is 7.89. The molecule has 0 spiro atoms. The van der Waals surface area contributed by atoms with Crippen LogP contribution in [0.1, 0.15) is 17.2 Å². The first kappa shape index (κ1) is 18.7. The van der Waals surface area contributed by atoms with Crippen molar-refractivity contribution in [2.24, 2.45) is 0 Å². The summed E-state index contributed by atoms with van der Waals surface area (Å²) in [7, 11) is -0.620. The molecule has 1 N–H and O–H groups in total. The second kappa shape index (κ2) is 7.98. The number of methoxy groups -OCH3 is 2. The summed E-state index contributed by atoms with van der Waals surface area (Å²) in [6.07, 6.45) is -0.480. The fraction of sp³-hybridized carbons (Fsp3) is 0.294. The van der Waals surface area contributed by atoms with Gasteiger partial charge in [0.25, 0.3) is 0 Å². The van der Waals surface area contributed by atoms with E-state index in [1.807, 2.05) is 18.2 Å². The van der Waals surface area contributed by atoms with Gasteiger partial charge in [-0.05, 0) is 36.8 Å². The fourth-order valence-electron chi connectivity index (χ4n) is 2.37. The number of aryl methyl sites for hydroxylation is 1. The molecule has 130 valence electrons. The average molecular weight is 370 g/mol. The Morgan fingerprint density at radius 1 is 1.17 bits per heavy atom. The Labute approximate surface area is 147 Å². The summed E-state index contributed by atoms with van der Waals surface area (Å²) in [4.78, 5) is 0.206. The molecule has 7 heteroatoms. The first-order valence-electron chi connectivity index (χ1n) is 7.30. The van der Waals surface area contributed by atoms with E-state index >= 15 is 0 Å². The van der Waals surface area contributed by atoms with Gasteiger partial charge in [0, 0.05) is 24.2 Å². The van der Waals surface area contributed by atoms with Crippen molar-refractivity contribution in [1.29, 1.82) is 0 Å². The van der Waals surface area contributed by atoms with Crippen LogP contribution in [0.25, 0.3) is 0 Å². The Morgan fingerprint density at radius 3 is 2.46 bits per heavy atom. The molecule has 0 heterocycles. The molecule has 0 bridgehead atoms. The molecule has 0 aliphatic rings. The van der Waals surface area contributed by atoms with Crippen LogP contribution in [0.15, 0.2) is 47.4 Å². The van der Waals surface area contributed by atoms with Gasteiger partial charge < -0.3 is 9.47 Å². The maximum atomic E-state index is 12.5. The highest BCUT2D eigenvalue weighted by Gasteiger charge is 2.21. The molecule has 0 fully saturated rings. The lowest BCUT2D eigenvalue weighted by Gasteiger charge is -2.18. The van der Waals surface area contributed by atoms with E-state index in [4.69, 9.17) is 21.1 Å². The lowest BCUT2D eigenvalue weighted by molar-refractivity contribution is 0.107. The van der Waals surface area contributed by atoms with Crippen LogP contribution in [-0.2, 0) is 14.8 Å².